The van der Waals surface area contributed by atoms with Gasteiger partial charge < -0.3 is 10.0 Å². The molecule has 0 aromatic heterocycles. The van der Waals surface area contributed by atoms with Gasteiger partial charge in [-0.25, -0.2) is 0 Å². The summed E-state index contributed by atoms with van der Waals surface area (Å²) in [6.07, 6.45) is 2.48. The molecule has 0 aliphatic carbocycles. The molecule has 1 fully saturated rings. The highest BCUT2D eigenvalue weighted by atomic mass is 16.3. The first kappa shape index (κ1) is 11.5. The number of aliphatic hydroxyl groups is 1. The van der Waals surface area contributed by atoms with Crippen LogP contribution in [-0.4, -0.2) is 34.6 Å². The molecule has 1 amide bonds. The lowest BCUT2D eigenvalue weighted by molar-refractivity contribution is -0.133. The molecule has 3 nitrogen and oxygen atoms in total. The fraction of sp³-hybridized carbons (Fsp3) is 0.909. The molecule has 0 bridgehead atoms. The molecular weight excluding hydrogens is 178 g/mol. The van der Waals surface area contributed by atoms with Crippen LogP contribution in [0.2, 0.25) is 0 Å². The Balaban J connectivity index is 2.73. The number of nitrogens with zero attached hydrogens (tertiary/aromatic N) is 1. The maximum atomic E-state index is 11.7. The van der Waals surface area contributed by atoms with Crippen molar-refractivity contribution in [2.24, 2.45) is 5.92 Å². The van der Waals surface area contributed by atoms with Crippen molar-refractivity contribution in [2.75, 3.05) is 13.2 Å². The van der Waals surface area contributed by atoms with Crippen LogP contribution < -0.4 is 0 Å². The minimum atomic E-state index is -0.0129. The Bertz CT molecular complexity index is 211. The Morgan fingerprint density at radius 1 is 1.50 bits per heavy atom. The second-order valence-electron chi connectivity index (χ2n) is 4.46. The van der Waals surface area contributed by atoms with Gasteiger partial charge in [-0.1, -0.05) is 13.8 Å². The molecule has 1 atom stereocenters. The van der Waals surface area contributed by atoms with Crippen LogP contribution in [0, 0.1) is 5.92 Å². The lowest BCUT2D eigenvalue weighted by Gasteiger charge is -2.37. The summed E-state index contributed by atoms with van der Waals surface area (Å²) < 4.78 is 0. The first-order valence-corrected chi connectivity index (χ1v) is 5.48. The maximum absolute atomic E-state index is 11.7. The van der Waals surface area contributed by atoms with Crippen molar-refractivity contribution in [3.8, 4) is 0 Å². The zero-order valence-corrected chi connectivity index (χ0v) is 9.42. The molecule has 1 N–H and O–H groups in total. The van der Waals surface area contributed by atoms with Gasteiger partial charge in [0.15, 0.2) is 0 Å². The molecule has 0 spiro atoms. The number of hydrogen-bond acceptors (Lipinski definition) is 2. The van der Waals surface area contributed by atoms with Gasteiger partial charge >= 0.3 is 0 Å². The molecule has 0 radical (unpaired) electrons. The third kappa shape index (κ3) is 1.92. The van der Waals surface area contributed by atoms with Crippen LogP contribution in [0.4, 0.5) is 0 Å². The molecule has 3 heteroatoms. The highest BCUT2D eigenvalue weighted by Crippen LogP contribution is 2.30. The van der Waals surface area contributed by atoms with Crippen LogP contribution in [0.25, 0.3) is 0 Å². The van der Waals surface area contributed by atoms with Crippen LogP contribution in [0.1, 0.15) is 40.0 Å². The van der Waals surface area contributed by atoms with Gasteiger partial charge in [0.2, 0.25) is 5.91 Å². The van der Waals surface area contributed by atoms with Gasteiger partial charge in [-0.2, -0.15) is 0 Å². The van der Waals surface area contributed by atoms with Gasteiger partial charge in [0.25, 0.3) is 0 Å². The van der Waals surface area contributed by atoms with Crippen LogP contribution in [0.5, 0.6) is 0 Å². The summed E-state index contributed by atoms with van der Waals surface area (Å²) in [6, 6.07) is 0. The summed E-state index contributed by atoms with van der Waals surface area (Å²) in [5.41, 5.74) is -0.0129. The predicted octanol–water partition coefficient (Wildman–Crippen LogP) is 1.41. The minimum Gasteiger partial charge on any atom is -0.396 e. The normalized spacial score (nSPS) is 23.3. The molecule has 82 valence electrons. The summed E-state index contributed by atoms with van der Waals surface area (Å²) in [5.74, 6) is 0.357. The lowest BCUT2D eigenvalue weighted by atomic mass is 9.93. The first-order valence-electron chi connectivity index (χ1n) is 5.48. The molecule has 0 saturated carbocycles. The maximum Gasteiger partial charge on any atom is 0.223 e. The van der Waals surface area contributed by atoms with Crippen molar-refractivity contribution < 1.29 is 9.90 Å². The third-order valence-corrected chi connectivity index (χ3v) is 3.64. The molecule has 1 aliphatic heterocycles. The monoisotopic (exact) mass is 199 g/mol. The van der Waals surface area contributed by atoms with E-state index in [1.165, 1.54) is 0 Å². The van der Waals surface area contributed by atoms with Gasteiger partial charge in [0, 0.05) is 31.0 Å². The molecule has 1 aliphatic rings. The summed E-state index contributed by atoms with van der Waals surface area (Å²) in [5, 5.41) is 9.03. The SMILES string of the molecule is CCC(C)(CC)N1CC(CO)CC1=O. The molecule has 14 heavy (non-hydrogen) atoms. The summed E-state index contributed by atoms with van der Waals surface area (Å²) in [6.45, 7) is 7.22. The molecule has 1 saturated heterocycles. The Hall–Kier alpha value is -0.570. The van der Waals surface area contributed by atoms with Gasteiger partial charge in [0.05, 0.1) is 0 Å². The largest absolute Gasteiger partial charge is 0.396 e. The van der Waals surface area contributed by atoms with E-state index in [1.54, 1.807) is 0 Å². The Morgan fingerprint density at radius 3 is 2.43 bits per heavy atom. The van der Waals surface area contributed by atoms with E-state index in [9.17, 15) is 4.79 Å². The Kier molecular flexibility index (Phi) is 3.53. The average molecular weight is 199 g/mol. The van der Waals surface area contributed by atoms with Gasteiger partial charge in [-0.05, 0) is 19.8 Å². The second-order valence-corrected chi connectivity index (χ2v) is 4.46. The molecule has 1 heterocycles. The number of carbonyl (C=O) groups is 1. The number of carbonyl (C=O) groups excluding carboxylic acids is 1. The van der Waals surface area contributed by atoms with E-state index < -0.39 is 0 Å². The van der Waals surface area contributed by atoms with Crippen LogP contribution in [0.15, 0.2) is 0 Å². The van der Waals surface area contributed by atoms with Gasteiger partial charge in [-0.3, -0.25) is 4.79 Å². The summed E-state index contributed by atoms with van der Waals surface area (Å²) in [4.78, 5) is 13.7. The summed E-state index contributed by atoms with van der Waals surface area (Å²) >= 11 is 0. The van der Waals surface area contributed by atoms with E-state index in [0.29, 0.717) is 6.42 Å². The van der Waals surface area contributed by atoms with Crippen LogP contribution in [0.3, 0.4) is 0 Å². The van der Waals surface area contributed by atoms with Crippen molar-refractivity contribution in [1.29, 1.82) is 0 Å². The summed E-state index contributed by atoms with van der Waals surface area (Å²) in [7, 11) is 0. The van der Waals surface area contributed by atoms with E-state index in [-0.39, 0.29) is 24.0 Å². The van der Waals surface area contributed by atoms with Crippen LogP contribution >= 0.6 is 0 Å². The molecular formula is C11H21NO2. The van der Waals surface area contributed by atoms with Crippen LogP contribution in [-0.2, 0) is 4.79 Å². The van der Waals surface area contributed by atoms with Gasteiger partial charge in [-0.15, -0.1) is 0 Å². The minimum absolute atomic E-state index is 0.0129. The van der Waals surface area contributed by atoms with E-state index >= 15 is 0 Å². The van der Waals surface area contributed by atoms with Crippen molar-refractivity contribution in [2.45, 2.75) is 45.6 Å². The van der Waals surface area contributed by atoms with Crippen molar-refractivity contribution in [3.63, 3.8) is 0 Å². The fourth-order valence-electron chi connectivity index (χ4n) is 2.06. The zero-order valence-electron chi connectivity index (χ0n) is 9.42. The highest BCUT2D eigenvalue weighted by molar-refractivity contribution is 5.79. The number of hydrogen-bond donors (Lipinski definition) is 1. The number of likely N-dealkylation sites (tertiary alicyclic amines) is 1. The molecule has 1 rings (SSSR count). The van der Waals surface area contributed by atoms with E-state index in [0.717, 1.165) is 19.4 Å². The van der Waals surface area contributed by atoms with E-state index in [2.05, 4.69) is 20.8 Å². The first-order chi connectivity index (χ1) is 6.57. The van der Waals surface area contributed by atoms with Crippen molar-refractivity contribution in [1.82, 2.24) is 4.90 Å². The Labute approximate surface area is 86.1 Å². The highest BCUT2D eigenvalue weighted by Gasteiger charge is 2.38. The number of rotatable bonds is 4. The van der Waals surface area contributed by atoms with E-state index in [1.807, 2.05) is 4.90 Å². The topological polar surface area (TPSA) is 40.5 Å². The predicted molar refractivity (Wildman–Crippen MR) is 55.9 cm³/mol. The quantitative estimate of drug-likeness (QED) is 0.743. The Morgan fingerprint density at radius 2 is 2.07 bits per heavy atom. The van der Waals surface area contributed by atoms with E-state index in [4.69, 9.17) is 5.11 Å². The standard InChI is InChI=1S/C11H21NO2/c1-4-11(3,5-2)12-7-9(8-13)6-10(12)14/h9,13H,4-8H2,1-3H3. The molecule has 0 aromatic rings. The fourth-order valence-corrected chi connectivity index (χ4v) is 2.06. The third-order valence-electron chi connectivity index (χ3n) is 3.64. The smallest absolute Gasteiger partial charge is 0.223 e. The van der Waals surface area contributed by atoms with Crippen molar-refractivity contribution >= 4 is 5.91 Å². The van der Waals surface area contributed by atoms with Gasteiger partial charge in [0.1, 0.15) is 0 Å². The lowest BCUT2D eigenvalue weighted by Crippen LogP contribution is -2.46. The number of amides is 1. The molecule has 0 aromatic carbocycles. The second kappa shape index (κ2) is 4.30. The van der Waals surface area contributed by atoms with Crippen molar-refractivity contribution in [3.05, 3.63) is 0 Å². The zero-order chi connectivity index (χ0) is 10.8. The molecule has 1 unspecified atom stereocenters. The number of aliphatic hydroxyl groups excluding tert-OH is 1. The average Bonchev–Trinajstić information content (AvgIpc) is 2.59.